The van der Waals surface area contributed by atoms with Gasteiger partial charge in [0.2, 0.25) is 5.91 Å². The van der Waals surface area contributed by atoms with Crippen LogP contribution < -0.4 is 0 Å². The van der Waals surface area contributed by atoms with Crippen LogP contribution >= 0.6 is 27.3 Å². The number of hydrogen-bond donors (Lipinski definition) is 1. The number of amides is 1. The molecule has 0 aliphatic carbocycles. The van der Waals surface area contributed by atoms with Crippen LogP contribution in [0.1, 0.15) is 31.1 Å². The van der Waals surface area contributed by atoms with Crippen LogP contribution in [-0.2, 0) is 4.79 Å². The van der Waals surface area contributed by atoms with Gasteiger partial charge in [-0.3, -0.25) is 4.79 Å². The van der Waals surface area contributed by atoms with Gasteiger partial charge in [-0.15, -0.1) is 11.3 Å². The van der Waals surface area contributed by atoms with E-state index >= 15 is 0 Å². The van der Waals surface area contributed by atoms with Crippen LogP contribution in [0.5, 0.6) is 0 Å². The Morgan fingerprint density at radius 3 is 2.78 bits per heavy atom. The van der Waals surface area contributed by atoms with Crippen LogP contribution in [0.25, 0.3) is 0 Å². The molecule has 2 heterocycles. The molecule has 1 aromatic heterocycles. The van der Waals surface area contributed by atoms with Crippen molar-refractivity contribution >= 4 is 33.2 Å². The average molecular weight is 332 g/mol. The molecule has 1 amide bonds. The molecule has 1 N–H and O–H groups in total. The quantitative estimate of drug-likeness (QED) is 0.925. The molecular formula is C13H18BrNO2S. The van der Waals surface area contributed by atoms with Crippen molar-refractivity contribution in [2.45, 2.75) is 32.3 Å². The second-order valence-corrected chi connectivity index (χ2v) is 7.43. The van der Waals surface area contributed by atoms with Gasteiger partial charge in [0.25, 0.3) is 0 Å². The van der Waals surface area contributed by atoms with E-state index in [9.17, 15) is 9.90 Å². The lowest BCUT2D eigenvalue weighted by Gasteiger charge is -2.21. The molecule has 3 unspecified atom stereocenters. The van der Waals surface area contributed by atoms with E-state index in [1.165, 1.54) is 0 Å². The Labute approximate surface area is 120 Å². The van der Waals surface area contributed by atoms with Crippen molar-refractivity contribution in [3.05, 3.63) is 20.8 Å². The molecule has 3 atom stereocenters. The monoisotopic (exact) mass is 331 g/mol. The Bertz CT molecular complexity index is 432. The summed E-state index contributed by atoms with van der Waals surface area (Å²) in [5.41, 5.74) is 0. The van der Waals surface area contributed by atoms with Gasteiger partial charge in [0.05, 0.1) is 15.8 Å². The molecule has 2 rings (SSSR count). The summed E-state index contributed by atoms with van der Waals surface area (Å²) in [5, 5.41) is 9.57. The number of thiophene rings is 1. The number of nitrogens with zero attached hydrogens (tertiary/aromatic N) is 1. The lowest BCUT2D eigenvalue weighted by atomic mass is 10.0. The lowest BCUT2D eigenvalue weighted by Crippen LogP contribution is -2.33. The first-order valence-corrected chi connectivity index (χ1v) is 7.82. The summed E-state index contributed by atoms with van der Waals surface area (Å²) in [6, 6.07) is 3.98. The molecule has 3 nitrogen and oxygen atoms in total. The maximum absolute atomic E-state index is 12.4. The van der Waals surface area contributed by atoms with Crippen molar-refractivity contribution in [2.75, 3.05) is 13.1 Å². The molecule has 1 aliphatic rings. The smallest absolute Gasteiger partial charge is 0.230 e. The Kier molecular flexibility index (Phi) is 4.45. The van der Waals surface area contributed by atoms with Gasteiger partial charge in [0.1, 0.15) is 0 Å². The minimum atomic E-state index is -0.325. The highest BCUT2D eigenvalue weighted by Crippen LogP contribution is 2.31. The zero-order valence-electron chi connectivity index (χ0n) is 10.6. The fourth-order valence-corrected chi connectivity index (χ4v) is 3.81. The highest BCUT2D eigenvalue weighted by atomic mass is 79.9. The number of carbonyl (C=O) groups excluding carboxylic acids is 1. The van der Waals surface area contributed by atoms with Crippen LogP contribution in [0.2, 0.25) is 0 Å². The summed E-state index contributed by atoms with van der Waals surface area (Å²) in [7, 11) is 0. The van der Waals surface area contributed by atoms with Gasteiger partial charge in [-0.1, -0.05) is 0 Å². The minimum Gasteiger partial charge on any atom is -0.393 e. The van der Waals surface area contributed by atoms with Crippen LogP contribution in [-0.4, -0.2) is 35.1 Å². The SMILES string of the molecule is CC(C(=O)N1CCC(C(C)O)C1)c1ccc(Br)s1. The highest BCUT2D eigenvalue weighted by molar-refractivity contribution is 9.11. The number of rotatable bonds is 3. The van der Waals surface area contributed by atoms with Crippen molar-refractivity contribution in [2.24, 2.45) is 5.92 Å². The van der Waals surface area contributed by atoms with Crippen LogP contribution in [0.4, 0.5) is 0 Å². The topological polar surface area (TPSA) is 40.5 Å². The summed E-state index contributed by atoms with van der Waals surface area (Å²) >= 11 is 5.03. The third-order valence-corrected chi connectivity index (χ3v) is 5.42. The second-order valence-electron chi connectivity index (χ2n) is 4.94. The van der Waals surface area contributed by atoms with Gasteiger partial charge in [-0.25, -0.2) is 0 Å². The van der Waals surface area contributed by atoms with Crippen LogP contribution in [0.3, 0.4) is 0 Å². The fraction of sp³-hybridized carbons (Fsp3) is 0.615. The van der Waals surface area contributed by atoms with E-state index in [2.05, 4.69) is 15.9 Å². The molecule has 0 spiro atoms. The first-order chi connectivity index (χ1) is 8.49. The predicted molar refractivity (Wildman–Crippen MR) is 76.8 cm³/mol. The normalized spacial score (nSPS) is 23.1. The largest absolute Gasteiger partial charge is 0.393 e. The fourth-order valence-electron chi connectivity index (χ4n) is 2.34. The summed E-state index contributed by atoms with van der Waals surface area (Å²) in [6.07, 6.45) is 0.582. The number of aliphatic hydroxyl groups is 1. The number of aliphatic hydroxyl groups excluding tert-OH is 1. The number of likely N-dealkylation sites (tertiary alicyclic amines) is 1. The summed E-state index contributed by atoms with van der Waals surface area (Å²) < 4.78 is 1.06. The van der Waals surface area contributed by atoms with Crippen molar-refractivity contribution in [3.63, 3.8) is 0 Å². The maximum Gasteiger partial charge on any atom is 0.230 e. The third kappa shape index (κ3) is 2.95. The Balaban J connectivity index is 2.00. The Morgan fingerprint density at radius 2 is 2.28 bits per heavy atom. The first-order valence-electron chi connectivity index (χ1n) is 6.21. The van der Waals surface area contributed by atoms with Gasteiger partial charge in [-0.2, -0.15) is 0 Å². The number of carbonyl (C=O) groups is 1. The second kappa shape index (κ2) is 5.72. The van der Waals surface area contributed by atoms with Crippen LogP contribution in [0.15, 0.2) is 15.9 Å². The van der Waals surface area contributed by atoms with E-state index in [0.29, 0.717) is 6.54 Å². The molecule has 0 bridgehead atoms. The number of halogens is 1. The summed E-state index contributed by atoms with van der Waals surface area (Å²) in [4.78, 5) is 15.3. The van der Waals surface area contributed by atoms with Crippen LogP contribution in [0, 0.1) is 5.92 Å². The minimum absolute atomic E-state index is 0.0888. The van der Waals surface area contributed by atoms with Gasteiger partial charge >= 0.3 is 0 Å². The van der Waals surface area contributed by atoms with Gasteiger partial charge in [0.15, 0.2) is 0 Å². The zero-order valence-corrected chi connectivity index (χ0v) is 13.0. The molecule has 0 radical (unpaired) electrons. The third-order valence-electron chi connectivity index (χ3n) is 3.61. The van der Waals surface area contributed by atoms with Crippen molar-refractivity contribution < 1.29 is 9.90 Å². The molecule has 1 aliphatic heterocycles. The molecule has 5 heteroatoms. The molecular weight excluding hydrogens is 314 g/mol. The van der Waals surface area contributed by atoms with E-state index in [4.69, 9.17) is 0 Å². The summed E-state index contributed by atoms with van der Waals surface area (Å²) in [5.74, 6) is 0.317. The van der Waals surface area contributed by atoms with E-state index < -0.39 is 0 Å². The van der Waals surface area contributed by atoms with Crippen molar-refractivity contribution in [1.29, 1.82) is 0 Å². The molecule has 1 aromatic rings. The van der Waals surface area contributed by atoms with Gasteiger partial charge < -0.3 is 10.0 Å². The average Bonchev–Trinajstić information content (AvgIpc) is 2.95. The van der Waals surface area contributed by atoms with Gasteiger partial charge in [-0.05, 0) is 48.3 Å². The summed E-state index contributed by atoms with van der Waals surface area (Å²) in [6.45, 7) is 5.22. The lowest BCUT2D eigenvalue weighted by molar-refractivity contribution is -0.131. The van der Waals surface area contributed by atoms with E-state index in [-0.39, 0.29) is 23.8 Å². The standard InChI is InChI=1S/C13H18BrNO2S/c1-8(11-3-4-12(14)18-11)13(17)15-6-5-10(7-15)9(2)16/h3-4,8-10,16H,5-7H2,1-2H3. The van der Waals surface area contributed by atoms with Gasteiger partial charge in [0, 0.05) is 23.9 Å². The molecule has 18 heavy (non-hydrogen) atoms. The van der Waals surface area contributed by atoms with Crippen molar-refractivity contribution in [1.82, 2.24) is 4.90 Å². The molecule has 0 saturated carbocycles. The Morgan fingerprint density at radius 1 is 1.56 bits per heavy atom. The van der Waals surface area contributed by atoms with E-state index in [1.807, 2.05) is 24.0 Å². The maximum atomic E-state index is 12.4. The van der Waals surface area contributed by atoms with E-state index in [0.717, 1.165) is 21.6 Å². The molecule has 1 saturated heterocycles. The first kappa shape index (κ1) is 14.0. The molecule has 100 valence electrons. The Hall–Kier alpha value is -0.390. The van der Waals surface area contributed by atoms with E-state index in [1.54, 1.807) is 18.3 Å². The molecule has 1 fully saturated rings. The molecule has 0 aromatic carbocycles. The highest BCUT2D eigenvalue weighted by Gasteiger charge is 2.31. The zero-order chi connectivity index (χ0) is 13.3. The predicted octanol–water partition coefficient (Wildman–Crippen LogP) is 2.84. The van der Waals surface area contributed by atoms with Crippen molar-refractivity contribution in [3.8, 4) is 0 Å². The number of hydrogen-bond acceptors (Lipinski definition) is 3.